The summed E-state index contributed by atoms with van der Waals surface area (Å²) in [6.45, 7) is 8.63. The van der Waals surface area contributed by atoms with Gasteiger partial charge in [0, 0.05) is 11.4 Å². The van der Waals surface area contributed by atoms with E-state index < -0.39 is 0 Å². The Kier molecular flexibility index (Phi) is 2.22. The number of allylic oxidation sites excluding steroid dienone is 2. The normalized spacial score (nSPS) is 24.5. The van der Waals surface area contributed by atoms with E-state index in [-0.39, 0.29) is 0 Å². The first-order valence-corrected chi connectivity index (χ1v) is 6.05. The molecule has 1 heterocycles. The molecule has 0 saturated carbocycles. The third-order valence-electron chi connectivity index (χ3n) is 2.70. The summed E-state index contributed by atoms with van der Waals surface area (Å²) in [5, 5.41) is 4.21. The molecule has 0 atom stereocenters. The van der Waals surface area contributed by atoms with Crippen molar-refractivity contribution >= 4 is 16.9 Å². The second-order valence-corrected chi connectivity index (χ2v) is 5.46. The van der Waals surface area contributed by atoms with Crippen LogP contribution in [0.5, 0.6) is 0 Å². The number of nitrogens with zero attached hydrogens (tertiary/aromatic N) is 1. The molecule has 0 aromatic heterocycles. The molecule has 14 heavy (non-hydrogen) atoms. The molecule has 2 rings (SSSR count). The van der Waals surface area contributed by atoms with Gasteiger partial charge in [-0.05, 0) is 30.1 Å². The van der Waals surface area contributed by atoms with E-state index in [9.17, 15) is 0 Å². The molecule has 0 radical (unpaired) electrons. The Labute approximate surface area is 89.6 Å². The van der Waals surface area contributed by atoms with Gasteiger partial charge in [-0.3, -0.25) is 0 Å². The number of hydrogen-bond acceptors (Lipinski definition) is 3. The van der Waals surface area contributed by atoms with E-state index in [1.807, 2.05) is 6.26 Å². The van der Waals surface area contributed by atoms with Crippen LogP contribution in [0.2, 0.25) is 0 Å². The average molecular weight is 208 g/mol. The highest BCUT2D eigenvalue weighted by Gasteiger charge is 2.33. The maximum absolute atomic E-state index is 4.60. The summed E-state index contributed by atoms with van der Waals surface area (Å²) in [7, 11) is 0. The first-order valence-electron chi connectivity index (χ1n) is 4.83. The predicted octanol–water partition coefficient (Wildman–Crippen LogP) is 2.90. The van der Waals surface area contributed by atoms with Crippen molar-refractivity contribution in [3.8, 4) is 0 Å². The Morgan fingerprint density at radius 3 is 2.79 bits per heavy atom. The summed E-state index contributed by atoms with van der Waals surface area (Å²) in [5.74, 6) is 0. The van der Waals surface area contributed by atoms with Crippen LogP contribution in [0.15, 0.2) is 28.5 Å². The Hall–Kier alpha value is -0.700. The van der Waals surface area contributed by atoms with Crippen LogP contribution in [0.3, 0.4) is 0 Å². The van der Waals surface area contributed by atoms with E-state index >= 15 is 0 Å². The van der Waals surface area contributed by atoms with Crippen LogP contribution in [0.4, 0.5) is 0 Å². The lowest BCUT2D eigenvalue weighted by molar-refractivity contribution is 0.389. The summed E-state index contributed by atoms with van der Waals surface area (Å²) in [4.78, 5) is 4.60. The van der Waals surface area contributed by atoms with Crippen LogP contribution in [0.25, 0.3) is 0 Å². The zero-order valence-electron chi connectivity index (χ0n) is 8.98. The molecule has 3 heteroatoms. The number of aliphatic imine (C=N–C) groups is 1. The topological polar surface area (TPSA) is 24.4 Å². The van der Waals surface area contributed by atoms with Gasteiger partial charge in [0.2, 0.25) is 0 Å². The van der Waals surface area contributed by atoms with Crippen molar-refractivity contribution < 1.29 is 0 Å². The molecule has 2 aliphatic rings. The molecular formula is C11H16N2S. The van der Waals surface area contributed by atoms with Crippen LogP contribution in [0, 0.1) is 5.41 Å². The third-order valence-corrected chi connectivity index (χ3v) is 3.28. The SMILES string of the molecule is C=C1NC(SC)=NC2=C1CC(C)(C)C2. The lowest BCUT2D eigenvalue weighted by Crippen LogP contribution is -2.23. The van der Waals surface area contributed by atoms with Crippen molar-refractivity contribution in [2.75, 3.05) is 6.26 Å². The first kappa shape index (κ1) is 9.84. The van der Waals surface area contributed by atoms with Crippen LogP contribution in [-0.4, -0.2) is 11.4 Å². The van der Waals surface area contributed by atoms with Crippen molar-refractivity contribution in [1.82, 2.24) is 5.32 Å². The molecule has 1 N–H and O–H groups in total. The number of nitrogens with one attached hydrogen (secondary N) is 1. The second kappa shape index (κ2) is 3.16. The highest BCUT2D eigenvalue weighted by molar-refractivity contribution is 8.13. The smallest absolute Gasteiger partial charge is 0.165 e. The fourth-order valence-electron chi connectivity index (χ4n) is 2.04. The number of thioether (sulfide) groups is 1. The molecule has 0 aromatic carbocycles. The molecule has 76 valence electrons. The number of rotatable bonds is 0. The van der Waals surface area contributed by atoms with Crippen LogP contribution < -0.4 is 5.32 Å². The van der Waals surface area contributed by atoms with Gasteiger partial charge in [-0.2, -0.15) is 0 Å². The Bertz CT molecular complexity index is 350. The van der Waals surface area contributed by atoms with Crippen molar-refractivity contribution in [3.63, 3.8) is 0 Å². The molecule has 1 aliphatic carbocycles. The Balaban J connectivity index is 2.32. The Morgan fingerprint density at radius 2 is 2.14 bits per heavy atom. The minimum atomic E-state index is 0.354. The molecule has 0 fully saturated rings. The van der Waals surface area contributed by atoms with E-state index in [2.05, 4.69) is 30.7 Å². The fourth-order valence-corrected chi connectivity index (χ4v) is 2.47. The minimum Gasteiger partial charge on any atom is -0.335 e. The van der Waals surface area contributed by atoms with Crippen LogP contribution in [0.1, 0.15) is 26.7 Å². The summed E-state index contributed by atoms with van der Waals surface area (Å²) < 4.78 is 0. The minimum absolute atomic E-state index is 0.354. The van der Waals surface area contributed by atoms with Gasteiger partial charge in [0.25, 0.3) is 0 Å². The van der Waals surface area contributed by atoms with E-state index in [0.29, 0.717) is 5.41 Å². The van der Waals surface area contributed by atoms with Crippen molar-refractivity contribution in [3.05, 3.63) is 23.5 Å². The lowest BCUT2D eigenvalue weighted by Gasteiger charge is -2.18. The fraction of sp³-hybridized carbons (Fsp3) is 0.545. The van der Waals surface area contributed by atoms with Crippen molar-refractivity contribution in [2.45, 2.75) is 26.7 Å². The standard InChI is InChI=1S/C11H16N2S/c1-7-8-5-11(2,3)6-9(8)13-10(12-7)14-4/h1,5-6H2,2-4H3,(H,12,13). The maximum Gasteiger partial charge on any atom is 0.165 e. The quantitative estimate of drug-likeness (QED) is 0.662. The number of amidine groups is 1. The molecule has 0 spiro atoms. The van der Waals surface area contributed by atoms with Gasteiger partial charge >= 0.3 is 0 Å². The summed E-state index contributed by atoms with van der Waals surface area (Å²) in [6.07, 6.45) is 4.21. The van der Waals surface area contributed by atoms with E-state index in [1.54, 1.807) is 11.8 Å². The summed E-state index contributed by atoms with van der Waals surface area (Å²) in [5.41, 5.74) is 3.97. The van der Waals surface area contributed by atoms with Crippen molar-refractivity contribution in [2.24, 2.45) is 10.4 Å². The molecule has 2 nitrogen and oxygen atoms in total. The summed E-state index contributed by atoms with van der Waals surface area (Å²) in [6, 6.07) is 0. The zero-order chi connectivity index (χ0) is 10.3. The van der Waals surface area contributed by atoms with Gasteiger partial charge in [0.15, 0.2) is 5.17 Å². The van der Waals surface area contributed by atoms with Gasteiger partial charge < -0.3 is 5.32 Å². The lowest BCUT2D eigenvalue weighted by atomic mass is 9.89. The first-order chi connectivity index (χ1) is 6.52. The molecule has 0 unspecified atom stereocenters. The summed E-state index contributed by atoms with van der Waals surface area (Å²) >= 11 is 1.64. The highest BCUT2D eigenvalue weighted by Crippen LogP contribution is 2.45. The van der Waals surface area contributed by atoms with E-state index in [0.717, 1.165) is 23.7 Å². The van der Waals surface area contributed by atoms with E-state index in [1.165, 1.54) is 11.3 Å². The van der Waals surface area contributed by atoms with E-state index in [4.69, 9.17) is 0 Å². The number of hydrogen-bond donors (Lipinski definition) is 1. The van der Waals surface area contributed by atoms with Gasteiger partial charge in [-0.25, -0.2) is 4.99 Å². The molecule has 0 aromatic rings. The second-order valence-electron chi connectivity index (χ2n) is 4.67. The predicted molar refractivity (Wildman–Crippen MR) is 63.3 cm³/mol. The van der Waals surface area contributed by atoms with Gasteiger partial charge in [0.1, 0.15) is 0 Å². The maximum atomic E-state index is 4.60. The van der Waals surface area contributed by atoms with Crippen LogP contribution >= 0.6 is 11.8 Å². The molecule has 0 bridgehead atoms. The largest absolute Gasteiger partial charge is 0.335 e. The monoisotopic (exact) mass is 208 g/mol. The molecule has 0 amide bonds. The van der Waals surface area contributed by atoms with Gasteiger partial charge in [-0.1, -0.05) is 32.2 Å². The molecule has 0 saturated heterocycles. The van der Waals surface area contributed by atoms with Gasteiger partial charge in [0.05, 0.1) is 0 Å². The molecule has 1 aliphatic heterocycles. The molecular weight excluding hydrogens is 192 g/mol. The highest BCUT2D eigenvalue weighted by atomic mass is 32.2. The average Bonchev–Trinajstić information content (AvgIpc) is 2.40. The van der Waals surface area contributed by atoms with Gasteiger partial charge in [-0.15, -0.1) is 0 Å². The third kappa shape index (κ3) is 1.61. The van der Waals surface area contributed by atoms with Crippen LogP contribution in [-0.2, 0) is 0 Å². The Morgan fingerprint density at radius 1 is 1.43 bits per heavy atom. The van der Waals surface area contributed by atoms with Crippen molar-refractivity contribution in [1.29, 1.82) is 0 Å². The zero-order valence-corrected chi connectivity index (χ0v) is 9.79.